The zero-order valence-corrected chi connectivity index (χ0v) is 10.5. The second-order valence-corrected chi connectivity index (χ2v) is 4.78. The summed E-state index contributed by atoms with van der Waals surface area (Å²) in [7, 11) is 1.85. The molecule has 0 fully saturated rings. The van der Waals surface area contributed by atoms with Crippen LogP contribution in [0.25, 0.3) is 6.08 Å². The summed E-state index contributed by atoms with van der Waals surface area (Å²) in [6.45, 7) is 2.73. The second-order valence-electron chi connectivity index (χ2n) is 3.64. The van der Waals surface area contributed by atoms with Gasteiger partial charge in [0.2, 0.25) is 0 Å². The molecule has 5 heteroatoms. The summed E-state index contributed by atoms with van der Waals surface area (Å²) in [5, 5.41) is 3.01. The molecule has 0 aromatic heterocycles. The minimum absolute atomic E-state index is 0.0944. The van der Waals surface area contributed by atoms with Crippen LogP contribution in [-0.2, 0) is 0 Å². The van der Waals surface area contributed by atoms with Crippen molar-refractivity contribution < 1.29 is 13.2 Å². The van der Waals surface area contributed by atoms with E-state index in [0.29, 0.717) is 0 Å². The van der Waals surface area contributed by atoms with Gasteiger partial charge in [-0.1, -0.05) is 23.8 Å². The topological polar surface area (TPSA) is 12.0 Å². The van der Waals surface area contributed by atoms with Crippen LogP contribution in [0.15, 0.2) is 34.7 Å². The van der Waals surface area contributed by atoms with E-state index >= 15 is 0 Å². The van der Waals surface area contributed by atoms with Crippen LogP contribution in [-0.4, -0.2) is 19.1 Å². The molecule has 0 amide bonds. The lowest BCUT2D eigenvalue weighted by atomic mass is 10.1. The van der Waals surface area contributed by atoms with Crippen LogP contribution in [0.2, 0.25) is 0 Å². The second kappa shape index (κ2) is 6.12. The van der Waals surface area contributed by atoms with E-state index in [2.05, 4.69) is 5.32 Å². The average Bonchev–Trinajstić information content (AvgIpc) is 2.19. The molecule has 0 aliphatic rings. The quantitative estimate of drug-likeness (QED) is 0.824. The van der Waals surface area contributed by atoms with Crippen LogP contribution < -0.4 is 5.32 Å². The third kappa shape index (κ3) is 5.79. The van der Waals surface area contributed by atoms with Gasteiger partial charge < -0.3 is 5.32 Å². The molecule has 0 unspecified atom stereocenters. The Balaban J connectivity index is 2.71. The van der Waals surface area contributed by atoms with E-state index in [4.69, 9.17) is 0 Å². The van der Waals surface area contributed by atoms with Crippen molar-refractivity contribution in [2.45, 2.75) is 17.3 Å². The fraction of sp³-hybridized carbons (Fsp3) is 0.333. The minimum atomic E-state index is -4.22. The molecule has 0 saturated carbocycles. The molecule has 0 aliphatic carbocycles. The third-order valence-electron chi connectivity index (χ3n) is 1.98. The number of thioether (sulfide) groups is 1. The fourth-order valence-electron chi connectivity index (χ4n) is 1.38. The number of hydrogen-bond acceptors (Lipinski definition) is 2. The first kappa shape index (κ1) is 14.1. The van der Waals surface area contributed by atoms with Gasteiger partial charge in [-0.25, -0.2) is 0 Å². The van der Waals surface area contributed by atoms with Gasteiger partial charge in [-0.2, -0.15) is 13.2 Å². The molecule has 0 bridgehead atoms. The van der Waals surface area contributed by atoms with Crippen LogP contribution in [0, 0.1) is 0 Å². The molecule has 1 aromatic rings. The van der Waals surface area contributed by atoms with E-state index in [-0.39, 0.29) is 16.7 Å². The lowest BCUT2D eigenvalue weighted by molar-refractivity contribution is -0.0328. The first-order chi connectivity index (χ1) is 7.90. The van der Waals surface area contributed by atoms with Crippen molar-refractivity contribution in [2.75, 3.05) is 13.6 Å². The van der Waals surface area contributed by atoms with Crippen molar-refractivity contribution >= 4 is 17.8 Å². The summed E-state index contributed by atoms with van der Waals surface area (Å²) >= 11 is -0.0944. The number of alkyl halides is 3. The van der Waals surface area contributed by atoms with Crippen LogP contribution in [0.1, 0.15) is 12.5 Å². The van der Waals surface area contributed by atoms with Crippen molar-refractivity contribution in [2.24, 2.45) is 0 Å². The number of halogens is 3. The van der Waals surface area contributed by atoms with E-state index in [1.807, 2.05) is 20.0 Å². The highest BCUT2D eigenvalue weighted by molar-refractivity contribution is 8.00. The summed E-state index contributed by atoms with van der Waals surface area (Å²) in [6, 6.07) is 6.34. The molecule has 0 spiro atoms. The lowest BCUT2D eigenvalue weighted by Gasteiger charge is -2.05. The molecule has 0 aliphatic heterocycles. The molecular formula is C12H14F3NS. The van der Waals surface area contributed by atoms with Crippen molar-refractivity contribution in [3.63, 3.8) is 0 Å². The average molecular weight is 261 g/mol. The van der Waals surface area contributed by atoms with E-state index in [9.17, 15) is 13.2 Å². The molecule has 1 aromatic carbocycles. The predicted molar refractivity (Wildman–Crippen MR) is 65.9 cm³/mol. The maximum absolute atomic E-state index is 12.1. The van der Waals surface area contributed by atoms with E-state index in [1.54, 1.807) is 12.1 Å². The van der Waals surface area contributed by atoms with Crippen molar-refractivity contribution in [1.82, 2.24) is 5.32 Å². The van der Waals surface area contributed by atoms with Crippen LogP contribution in [0.5, 0.6) is 0 Å². The molecule has 0 radical (unpaired) electrons. The summed E-state index contributed by atoms with van der Waals surface area (Å²) in [6.07, 6.45) is 1.94. The monoisotopic (exact) mass is 261 g/mol. The molecule has 17 heavy (non-hydrogen) atoms. The molecule has 1 N–H and O–H groups in total. The number of likely N-dealkylation sites (N-methyl/N-ethyl adjacent to an activating group) is 1. The van der Waals surface area contributed by atoms with Crippen LogP contribution in [0.3, 0.4) is 0 Å². The van der Waals surface area contributed by atoms with Crippen molar-refractivity contribution in [3.8, 4) is 0 Å². The molecule has 0 heterocycles. The molecule has 0 atom stereocenters. The van der Waals surface area contributed by atoms with Crippen LogP contribution >= 0.6 is 11.8 Å². The molecule has 94 valence electrons. The molecule has 0 saturated heterocycles. The number of hydrogen-bond donors (Lipinski definition) is 1. The van der Waals surface area contributed by atoms with Gasteiger partial charge in [0.15, 0.2) is 0 Å². The van der Waals surface area contributed by atoms with Gasteiger partial charge in [0.05, 0.1) is 0 Å². The molecular weight excluding hydrogens is 247 g/mol. The van der Waals surface area contributed by atoms with Gasteiger partial charge in [-0.15, -0.1) is 0 Å². The highest BCUT2D eigenvalue weighted by Gasteiger charge is 2.28. The predicted octanol–water partition coefficient (Wildman–Crippen LogP) is 3.92. The van der Waals surface area contributed by atoms with Gasteiger partial charge in [-0.3, -0.25) is 0 Å². The zero-order chi connectivity index (χ0) is 12.9. The minimum Gasteiger partial charge on any atom is -0.316 e. The largest absolute Gasteiger partial charge is 0.446 e. The smallest absolute Gasteiger partial charge is 0.316 e. The van der Waals surface area contributed by atoms with E-state index < -0.39 is 5.51 Å². The van der Waals surface area contributed by atoms with Gasteiger partial charge in [-0.05, 0) is 43.4 Å². The normalized spacial score (nSPS) is 12.9. The Kier molecular flexibility index (Phi) is 5.08. The third-order valence-corrected chi connectivity index (χ3v) is 2.72. The highest BCUT2D eigenvalue weighted by Crippen LogP contribution is 2.36. The number of benzene rings is 1. The standard InChI is InChI=1S/C12H14F3NS/c1-9(8-16-2)7-10-3-5-11(6-4-10)17-12(13,14)15/h3-7,16H,8H2,1-2H3. The summed E-state index contributed by atoms with van der Waals surface area (Å²) in [5.41, 5.74) is -2.19. The summed E-state index contributed by atoms with van der Waals surface area (Å²) < 4.78 is 36.3. The van der Waals surface area contributed by atoms with Gasteiger partial charge >= 0.3 is 5.51 Å². The molecule has 1 rings (SSSR count). The van der Waals surface area contributed by atoms with Gasteiger partial charge in [0, 0.05) is 11.4 Å². The summed E-state index contributed by atoms with van der Waals surface area (Å²) in [5.74, 6) is 0. The van der Waals surface area contributed by atoms with Gasteiger partial charge in [0.25, 0.3) is 0 Å². The summed E-state index contributed by atoms with van der Waals surface area (Å²) in [4.78, 5) is 0.209. The number of rotatable bonds is 4. The Labute approximate surface area is 103 Å². The van der Waals surface area contributed by atoms with Crippen LogP contribution in [0.4, 0.5) is 13.2 Å². The van der Waals surface area contributed by atoms with E-state index in [0.717, 1.165) is 17.7 Å². The first-order valence-electron chi connectivity index (χ1n) is 5.08. The maximum atomic E-state index is 12.1. The highest BCUT2D eigenvalue weighted by atomic mass is 32.2. The Hall–Kier alpha value is -0.940. The number of nitrogens with one attached hydrogen (secondary N) is 1. The molecule has 1 nitrogen and oxygen atoms in total. The first-order valence-corrected chi connectivity index (χ1v) is 5.90. The Morgan fingerprint density at radius 2 is 1.88 bits per heavy atom. The SMILES string of the molecule is CNCC(C)=Cc1ccc(SC(F)(F)F)cc1. The van der Waals surface area contributed by atoms with Crippen molar-refractivity contribution in [1.29, 1.82) is 0 Å². The lowest BCUT2D eigenvalue weighted by Crippen LogP contribution is -2.08. The maximum Gasteiger partial charge on any atom is 0.446 e. The Morgan fingerprint density at radius 3 is 2.35 bits per heavy atom. The van der Waals surface area contributed by atoms with Crippen molar-refractivity contribution in [3.05, 3.63) is 35.4 Å². The Bertz CT molecular complexity index is 382. The fourth-order valence-corrected chi connectivity index (χ4v) is 1.92. The van der Waals surface area contributed by atoms with Gasteiger partial charge in [0.1, 0.15) is 0 Å². The zero-order valence-electron chi connectivity index (χ0n) is 9.64. The Morgan fingerprint density at radius 1 is 1.29 bits per heavy atom. The van der Waals surface area contributed by atoms with E-state index in [1.165, 1.54) is 12.1 Å².